The van der Waals surface area contributed by atoms with Crippen molar-refractivity contribution < 1.29 is 19.0 Å². The normalized spacial score (nSPS) is 14.7. The quantitative estimate of drug-likeness (QED) is 0.510. The fourth-order valence-electron chi connectivity index (χ4n) is 3.73. The van der Waals surface area contributed by atoms with Gasteiger partial charge in [0.05, 0.1) is 31.0 Å². The van der Waals surface area contributed by atoms with E-state index in [0.29, 0.717) is 39.2 Å². The fraction of sp³-hybridized carbons (Fsp3) is 0.238. The van der Waals surface area contributed by atoms with Crippen LogP contribution in [-0.4, -0.2) is 36.5 Å². The first-order valence-corrected chi connectivity index (χ1v) is 10.4. The number of amides is 1. The highest BCUT2D eigenvalue weighted by Crippen LogP contribution is 2.40. The maximum Gasteiger partial charge on any atom is 0.325 e. The van der Waals surface area contributed by atoms with E-state index in [4.69, 9.17) is 9.47 Å². The number of aromatic amines is 1. The Hall–Kier alpha value is -3.33. The van der Waals surface area contributed by atoms with E-state index < -0.39 is 6.17 Å². The summed E-state index contributed by atoms with van der Waals surface area (Å²) in [5, 5.41) is 5.09. The van der Waals surface area contributed by atoms with Crippen LogP contribution >= 0.6 is 11.8 Å². The van der Waals surface area contributed by atoms with Gasteiger partial charge in [-0.3, -0.25) is 14.6 Å². The molecule has 1 aromatic heterocycles. The first-order chi connectivity index (χ1) is 14.5. The predicted octanol–water partition coefficient (Wildman–Crippen LogP) is 2.38. The Bertz CT molecular complexity index is 1190. The van der Waals surface area contributed by atoms with Crippen LogP contribution < -0.4 is 24.6 Å². The number of rotatable bonds is 4. The number of methoxy groups -OCH3 is 2. The van der Waals surface area contributed by atoms with Gasteiger partial charge in [-0.15, -0.1) is 0 Å². The Labute approximate surface area is 177 Å². The third-order valence-electron chi connectivity index (χ3n) is 5.01. The summed E-state index contributed by atoms with van der Waals surface area (Å²) < 4.78 is 12.6. The molecule has 0 radical (unpaired) electrons. The van der Waals surface area contributed by atoms with Crippen molar-refractivity contribution in [1.82, 2.24) is 10.1 Å². The van der Waals surface area contributed by atoms with Crippen LogP contribution in [0.25, 0.3) is 11.3 Å². The molecule has 9 heteroatoms. The van der Waals surface area contributed by atoms with Crippen molar-refractivity contribution >= 4 is 23.4 Å². The van der Waals surface area contributed by atoms with Crippen molar-refractivity contribution in [1.29, 1.82) is 0 Å². The summed E-state index contributed by atoms with van der Waals surface area (Å²) in [5.74, 6) is 0.964. The highest BCUT2D eigenvalue weighted by Gasteiger charge is 2.46. The Morgan fingerprint density at radius 1 is 1.20 bits per heavy atom. The van der Waals surface area contributed by atoms with E-state index in [1.165, 1.54) is 18.7 Å². The predicted molar refractivity (Wildman–Crippen MR) is 113 cm³/mol. The molecular weight excluding hydrogens is 404 g/mol. The second-order valence-electron chi connectivity index (χ2n) is 6.64. The number of para-hydroxylation sites is 1. The maximum atomic E-state index is 13.0. The minimum absolute atomic E-state index is 0.191. The molecule has 2 heterocycles. The second kappa shape index (κ2) is 7.83. The summed E-state index contributed by atoms with van der Waals surface area (Å²) in [4.78, 5) is 30.3. The van der Waals surface area contributed by atoms with Crippen molar-refractivity contribution in [3.8, 4) is 22.8 Å². The summed E-state index contributed by atoms with van der Waals surface area (Å²) in [6.45, 7) is 1.49. The van der Waals surface area contributed by atoms with Crippen LogP contribution in [0.3, 0.4) is 0 Å². The lowest BCUT2D eigenvalue weighted by molar-refractivity contribution is -0.763. The number of anilines is 1. The Morgan fingerprint density at radius 3 is 2.63 bits per heavy atom. The second-order valence-corrected chi connectivity index (χ2v) is 7.44. The van der Waals surface area contributed by atoms with Gasteiger partial charge in [-0.2, -0.15) is 0 Å². The molecule has 1 atom stereocenters. The van der Waals surface area contributed by atoms with Crippen molar-refractivity contribution in [3.63, 3.8) is 0 Å². The van der Waals surface area contributed by atoms with Gasteiger partial charge in [-0.05, 0) is 41.3 Å². The van der Waals surface area contributed by atoms with Gasteiger partial charge in [0.2, 0.25) is 11.1 Å². The fourth-order valence-corrected chi connectivity index (χ4v) is 4.09. The molecule has 0 aliphatic carbocycles. The van der Waals surface area contributed by atoms with Gasteiger partial charge in [0.15, 0.2) is 0 Å². The minimum Gasteiger partial charge on any atom is -0.497 e. The molecule has 0 spiro atoms. The molecule has 3 aromatic rings. The Morgan fingerprint density at radius 2 is 1.97 bits per heavy atom. The number of ether oxygens (including phenoxy) is 2. The zero-order chi connectivity index (χ0) is 21.4. The number of nitrogens with zero attached hydrogens (tertiary/aromatic N) is 3. The van der Waals surface area contributed by atoms with Crippen LogP contribution in [0.4, 0.5) is 5.69 Å². The van der Waals surface area contributed by atoms with Crippen molar-refractivity contribution in [2.24, 2.45) is 0 Å². The lowest BCUT2D eigenvalue weighted by Gasteiger charge is -2.31. The topological polar surface area (TPSA) is 88.4 Å². The van der Waals surface area contributed by atoms with E-state index in [0.717, 1.165) is 0 Å². The smallest absolute Gasteiger partial charge is 0.325 e. The van der Waals surface area contributed by atoms with Gasteiger partial charge >= 0.3 is 11.3 Å². The molecule has 1 aliphatic rings. The molecule has 2 aromatic carbocycles. The molecule has 4 rings (SSSR count). The minimum atomic E-state index is -0.731. The summed E-state index contributed by atoms with van der Waals surface area (Å²) in [6.07, 6.45) is 1.09. The zero-order valence-corrected chi connectivity index (χ0v) is 17.8. The van der Waals surface area contributed by atoms with Crippen LogP contribution in [-0.2, 0) is 4.79 Å². The number of hydrogen-bond donors (Lipinski definition) is 1. The zero-order valence-electron chi connectivity index (χ0n) is 17.0. The highest BCUT2D eigenvalue weighted by molar-refractivity contribution is 7.98. The molecular formula is C21H21N4O4S+. The van der Waals surface area contributed by atoms with Crippen LogP contribution in [0, 0.1) is 0 Å². The monoisotopic (exact) mass is 425 g/mol. The lowest BCUT2D eigenvalue weighted by Crippen LogP contribution is -2.60. The number of fused-ring (bicyclic) bond motifs is 3. The molecule has 8 nitrogen and oxygen atoms in total. The molecule has 1 unspecified atom stereocenters. The number of aromatic nitrogens is 3. The van der Waals surface area contributed by atoms with Gasteiger partial charge in [0.1, 0.15) is 11.5 Å². The number of H-pyrrole nitrogens is 1. The number of carbonyl (C=O) groups is 1. The first-order valence-electron chi connectivity index (χ1n) is 9.21. The molecule has 0 bridgehead atoms. The number of hydrogen-bond acceptors (Lipinski definition) is 6. The number of benzene rings is 2. The van der Waals surface area contributed by atoms with E-state index in [2.05, 4.69) is 10.1 Å². The van der Waals surface area contributed by atoms with Gasteiger partial charge in [-0.1, -0.05) is 23.9 Å². The number of carbonyl (C=O) groups excluding carboxylic acids is 1. The number of nitrogens with one attached hydrogen (secondary N) is 1. The summed E-state index contributed by atoms with van der Waals surface area (Å²) in [6, 6.07) is 12.6. The van der Waals surface area contributed by atoms with Crippen LogP contribution in [0.1, 0.15) is 18.7 Å². The van der Waals surface area contributed by atoms with Crippen molar-refractivity contribution in [2.75, 3.05) is 25.4 Å². The molecule has 1 aliphatic heterocycles. The van der Waals surface area contributed by atoms with Crippen molar-refractivity contribution in [3.05, 3.63) is 58.4 Å². The van der Waals surface area contributed by atoms with Gasteiger partial charge < -0.3 is 9.47 Å². The molecule has 0 saturated carbocycles. The van der Waals surface area contributed by atoms with Gasteiger partial charge in [-0.25, -0.2) is 4.90 Å². The largest absolute Gasteiger partial charge is 0.497 e. The Kier molecular flexibility index (Phi) is 5.21. The summed E-state index contributed by atoms with van der Waals surface area (Å²) in [5.41, 5.74) is 2.00. The SMILES string of the molecule is COc1ccc(OC)c(C2N(C(C)=O)c3ccccc3-c3c(=O)[nH]c(SC)n[n+]32)c1. The first kappa shape index (κ1) is 20.0. The van der Waals surface area contributed by atoms with Crippen molar-refractivity contribution in [2.45, 2.75) is 18.2 Å². The number of thioether (sulfide) groups is 1. The average molecular weight is 425 g/mol. The highest BCUT2D eigenvalue weighted by atomic mass is 32.2. The molecule has 1 N–H and O–H groups in total. The standard InChI is InChI=1S/C21H20N4O4S/c1-12(26)24-16-8-6-5-7-14(16)18-19(27)22-21(30-4)23-25(18)20(24)15-11-13(28-2)9-10-17(15)29-3/h5-11,20H,1-4H3/p+1. The van der Waals surface area contributed by atoms with E-state index in [9.17, 15) is 9.59 Å². The summed E-state index contributed by atoms with van der Waals surface area (Å²) in [7, 11) is 3.13. The van der Waals surface area contributed by atoms with Gasteiger partial charge in [0, 0.05) is 12.0 Å². The maximum absolute atomic E-state index is 13.0. The van der Waals surface area contributed by atoms with Crippen LogP contribution in [0.5, 0.6) is 11.5 Å². The molecule has 30 heavy (non-hydrogen) atoms. The van der Waals surface area contributed by atoms with E-state index in [-0.39, 0.29) is 11.5 Å². The van der Waals surface area contributed by atoms with E-state index in [1.807, 2.05) is 30.5 Å². The van der Waals surface area contributed by atoms with Crippen LogP contribution in [0.2, 0.25) is 0 Å². The molecule has 0 fully saturated rings. The lowest BCUT2D eigenvalue weighted by atomic mass is 10.0. The van der Waals surface area contributed by atoms with Gasteiger partial charge in [0.25, 0.3) is 6.17 Å². The third-order valence-corrected chi connectivity index (χ3v) is 5.58. The Balaban J connectivity index is 2.12. The van der Waals surface area contributed by atoms with Crippen LogP contribution in [0.15, 0.2) is 52.4 Å². The molecule has 154 valence electrons. The average Bonchev–Trinajstić information content (AvgIpc) is 2.76. The van der Waals surface area contributed by atoms with E-state index >= 15 is 0 Å². The van der Waals surface area contributed by atoms with E-state index in [1.54, 1.807) is 42.0 Å². The molecule has 0 saturated heterocycles. The third kappa shape index (κ3) is 3.11. The molecule has 1 amide bonds. The summed E-state index contributed by atoms with van der Waals surface area (Å²) >= 11 is 1.31.